The van der Waals surface area contributed by atoms with Crippen LogP contribution in [0.5, 0.6) is 5.75 Å². The number of benzene rings is 1. The molecule has 0 bridgehead atoms. The van der Waals surface area contributed by atoms with Gasteiger partial charge in [0, 0.05) is 0 Å². The third kappa shape index (κ3) is 2.55. The summed E-state index contributed by atoms with van der Waals surface area (Å²) in [5.41, 5.74) is 10.8. The molecule has 0 heterocycles. The average molecular weight is 238 g/mol. The normalized spacial score (nSPS) is 22.9. The summed E-state index contributed by atoms with van der Waals surface area (Å²) >= 11 is 0. The van der Waals surface area contributed by atoms with Gasteiger partial charge in [0.05, 0.1) is 11.7 Å². The highest BCUT2D eigenvalue weighted by Crippen LogP contribution is 2.32. The molecule has 0 aliphatic heterocycles. The van der Waals surface area contributed by atoms with E-state index in [9.17, 15) is 9.18 Å². The molecule has 1 aromatic rings. The molecule has 17 heavy (non-hydrogen) atoms. The fourth-order valence-electron chi connectivity index (χ4n) is 1.94. The topological polar surface area (TPSA) is 78.3 Å². The summed E-state index contributed by atoms with van der Waals surface area (Å²) in [6.45, 7) is 0.645. The zero-order chi connectivity index (χ0) is 12.4. The Bertz CT molecular complexity index is 431. The minimum Gasteiger partial charge on any atom is -0.490 e. The van der Waals surface area contributed by atoms with E-state index in [1.807, 2.05) is 0 Å². The van der Waals surface area contributed by atoms with E-state index in [2.05, 4.69) is 0 Å². The van der Waals surface area contributed by atoms with Crippen LogP contribution in [0.3, 0.4) is 0 Å². The highest BCUT2D eigenvalue weighted by molar-refractivity contribution is 5.95. The molecule has 1 aliphatic rings. The summed E-state index contributed by atoms with van der Waals surface area (Å²) in [4.78, 5) is 11.1. The van der Waals surface area contributed by atoms with E-state index in [1.54, 1.807) is 0 Å². The van der Waals surface area contributed by atoms with Gasteiger partial charge < -0.3 is 16.2 Å². The first-order valence-electron chi connectivity index (χ1n) is 5.56. The number of amides is 1. The van der Waals surface area contributed by atoms with Crippen LogP contribution in [0.15, 0.2) is 18.2 Å². The monoisotopic (exact) mass is 238 g/mol. The molecule has 0 aromatic heterocycles. The zero-order valence-electron chi connectivity index (χ0n) is 9.36. The van der Waals surface area contributed by atoms with Gasteiger partial charge in [-0.05, 0) is 43.5 Å². The highest BCUT2D eigenvalue weighted by Gasteiger charge is 2.30. The van der Waals surface area contributed by atoms with Crippen molar-refractivity contribution in [2.24, 2.45) is 17.4 Å². The Morgan fingerprint density at radius 2 is 2.18 bits per heavy atom. The van der Waals surface area contributed by atoms with E-state index in [4.69, 9.17) is 16.2 Å². The van der Waals surface area contributed by atoms with Gasteiger partial charge in [-0.3, -0.25) is 4.79 Å². The Balaban J connectivity index is 2.08. The molecule has 4 N–H and O–H groups in total. The predicted molar refractivity (Wildman–Crippen MR) is 61.1 cm³/mol. The molecule has 1 amide bonds. The van der Waals surface area contributed by atoms with Gasteiger partial charge in [-0.25, -0.2) is 4.39 Å². The number of primary amides is 1. The third-order valence-corrected chi connectivity index (χ3v) is 3.03. The maximum atomic E-state index is 13.0. The summed E-state index contributed by atoms with van der Waals surface area (Å²) in [5.74, 6) is -0.356. The number of ether oxygens (including phenoxy) is 1. The lowest BCUT2D eigenvalue weighted by Gasteiger charge is -2.34. The van der Waals surface area contributed by atoms with Gasteiger partial charge in [-0.15, -0.1) is 0 Å². The van der Waals surface area contributed by atoms with E-state index >= 15 is 0 Å². The van der Waals surface area contributed by atoms with Crippen LogP contribution < -0.4 is 16.2 Å². The van der Waals surface area contributed by atoms with Crippen molar-refractivity contribution in [3.63, 3.8) is 0 Å². The van der Waals surface area contributed by atoms with Crippen molar-refractivity contribution < 1.29 is 13.9 Å². The van der Waals surface area contributed by atoms with Crippen molar-refractivity contribution in [1.82, 2.24) is 0 Å². The van der Waals surface area contributed by atoms with Gasteiger partial charge >= 0.3 is 0 Å². The van der Waals surface area contributed by atoms with E-state index < -0.39 is 11.7 Å². The first kappa shape index (κ1) is 11.9. The molecule has 0 spiro atoms. The lowest BCUT2D eigenvalue weighted by atomic mass is 9.82. The fraction of sp³-hybridized carbons (Fsp3) is 0.417. The lowest BCUT2D eigenvalue weighted by molar-refractivity contribution is 0.0673. The molecular formula is C12H15FN2O2. The molecule has 1 aliphatic carbocycles. The van der Waals surface area contributed by atoms with Crippen LogP contribution in [0.25, 0.3) is 0 Å². The average Bonchev–Trinajstić information content (AvgIpc) is 2.24. The van der Waals surface area contributed by atoms with E-state index in [0.717, 1.165) is 18.9 Å². The largest absolute Gasteiger partial charge is 0.490 e. The molecular weight excluding hydrogens is 223 g/mol. The minimum absolute atomic E-state index is 0.0483. The van der Waals surface area contributed by atoms with Crippen LogP contribution in [0.4, 0.5) is 4.39 Å². The van der Waals surface area contributed by atoms with Gasteiger partial charge in [0.2, 0.25) is 0 Å². The third-order valence-electron chi connectivity index (χ3n) is 3.03. The van der Waals surface area contributed by atoms with E-state index in [-0.39, 0.29) is 11.7 Å². The van der Waals surface area contributed by atoms with Crippen molar-refractivity contribution >= 4 is 5.91 Å². The van der Waals surface area contributed by atoms with Crippen LogP contribution in [-0.2, 0) is 0 Å². The number of rotatable bonds is 4. The fourth-order valence-corrected chi connectivity index (χ4v) is 1.94. The molecule has 1 fully saturated rings. The van der Waals surface area contributed by atoms with Gasteiger partial charge in [-0.1, -0.05) is 0 Å². The number of hydrogen-bond donors (Lipinski definition) is 2. The summed E-state index contributed by atoms with van der Waals surface area (Å²) < 4.78 is 18.6. The Morgan fingerprint density at radius 1 is 1.47 bits per heavy atom. The number of halogens is 1. The molecule has 1 saturated carbocycles. The molecule has 0 radical (unpaired) electrons. The maximum Gasteiger partial charge on any atom is 0.252 e. The van der Waals surface area contributed by atoms with E-state index in [1.165, 1.54) is 12.1 Å². The molecule has 2 rings (SSSR count). The molecule has 92 valence electrons. The zero-order valence-corrected chi connectivity index (χ0v) is 9.36. The Hall–Kier alpha value is -1.62. The summed E-state index contributed by atoms with van der Waals surface area (Å²) in [7, 11) is 0. The second-order valence-electron chi connectivity index (χ2n) is 4.32. The quantitative estimate of drug-likeness (QED) is 0.822. The maximum absolute atomic E-state index is 13.0. The standard InChI is InChI=1S/C12H15FN2O2/c13-8-1-2-11(10(5-8)12(15)16)17-9-3-7(4-9)6-14/h1-2,5,7,9H,3-4,6,14H2,(H2,15,16). The summed E-state index contributed by atoms with van der Waals surface area (Å²) in [6.07, 6.45) is 1.78. The number of carbonyl (C=O) groups excluding carboxylic acids is 1. The second kappa shape index (κ2) is 4.71. The lowest BCUT2D eigenvalue weighted by Crippen LogP contribution is -2.38. The van der Waals surface area contributed by atoms with Crippen LogP contribution in [-0.4, -0.2) is 18.6 Å². The second-order valence-corrected chi connectivity index (χ2v) is 4.32. The SMILES string of the molecule is NCC1CC(Oc2ccc(F)cc2C(N)=O)C1. The van der Waals surface area contributed by atoms with Crippen molar-refractivity contribution in [2.75, 3.05) is 6.54 Å². The minimum atomic E-state index is -0.686. The number of nitrogens with two attached hydrogens (primary N) is 2. The van der Waals surface area contributed by atoms with Crippen LogP contribution >= 0.6 is 0 Å². The van der Waals surface area contributed by atoms with Crippen molar-refractivity contribution in [3.05, 3.63) is 29.6 Å². The molecule has 0 unspecified atom stereocenters. The van der Waals surface area contributed by atoms with E-state index in [0.29, 0.717) is 18.2 Å². The predicted octanol–water partition coefficient (Wildman–Crippen LogP) is 1.04. The first-order valence-corrected chi connectivity index (χ1v) is 5.56. The highest BCUT2D eigenvalue weighted by atomic mass is 19.1. The molecule has 0 saturated heterocycles. The van der Waals surface area contributed by atoms with Gasteiger partial charge in [0.15, 0.2) is 0 Å². The van der Waals surface area contributed by atoms with Crippen LogP contribution in [0.1, 0.15) is 23.2 Å². The summed E-state index contributed by atoms with van der Waals surface area (Å²) in [5, 5.41) is 0. The van der Waals surface area contributed by atoms with Gasteiger partial charge in [-0.2, -0.15) is 0 Å². The molecule has 0 atom stereocenters. The van der Waals surface area contributed by atoms with Gasteiger partial charge in [0.25, 0.3) is 5.91 Å². The Morgan fingerprint density at radius 3 is 2.76 bits per heavy atom. The first-order chi connectivity index (χ1) is 8.10. The number of hydrogen-bond acceptors (Lipinski definition) is 3. The molecule has 5 heteroatoms. The van der Waals surface area contributed by atoms with Crippen molar-refractivity contribution in [1.29, 1.82) is 0 Å². The van der Waals surface area contributed by atoms with Crippen molar-refractivity contribution in [2.45, 2.75) is 18.9 Å². The smallest absolute Gasteiger partial charge is 0.252 e. The Kier molecular flexibility index (Phi) is 3.28. The Labute approximate surface area is 98.7 Å². The molecule has 4 nitrogen and oxygen atoms in total. The number of carbonyl (C=O) groups is 1. The summed E-state index contributed by atoms with van der Waals surface area (Å²) in [6, 6.07) is 3.78. The van der Waals surface area contributed by atoms with Gasteiger partial charge in [0.1, 0.15) is 11.6 Å². The van der Waals surface area contributed by atoms with Crippen molar-refractivity contribution in [3.8, 4) is 5.75 Å². The van der Waals surface area contributed by atoms with Crippen LogP contribution in [0, 0.1) is 11.7 Å². The van der Waals surface area contributed by atoms with Crippen LogP contribution in [0.2, 0.25) is 0 Å². The molecule has 1 aromatic carbocycles.